The van der Waals surface area contributed by atoms with Crippen molar-refractivity contribution in [2.45, 2.75) is 108 Å². The van der Waals surface area contributed by atoms with Crippen LogP contribution in [-0.2, 0) is 14.4 Å². The minimum Gasteiger partial charge on any atom is -0.408 e. The molecule has 4 aliphatic rings. The van der Waals surface area contributed by atoms with E-state index >= 15 is 0 Å². The topological polar surface area (TPSA) is 173 Å². The van der Waals surface area contributed by atoms with Crippen molar-refractivity contribution in [3.8, 4) is 16.9 Å². The number of amides is 3. The van der Waals surface area contributed by atoms with E-state index in [4.69, 9.17) is 4.42 Å². The molecule has 3 aromatic heterocycles. The van der Waals surface area contributed by atoms with Crippen molar-refractivity contribution in [3.63, 3.8) is 0 Å². The number of rotatable bonds is 8. The number of nitrogens with zero attached hydrogens (tertiary/aromatic N) is 5. The van der Waals surface area contributed by atoms with Gasteiger partial charge in [0, 0.05) is 55.0 Å². The van der Waals surface area contributed by atoms with Gasteiger partial charge >= 0.3 is 5.76 Å². The molecule has 0 spiro atoms. The van der Waals surface area contributed by atoms with E-state index in [-0.39, 0.29) is 41.4 Å². The van der Waals surface area contributed by atoms with Crippen molar-refractivity contribution < 1.29 is 23.2 Å². The fraction of sp³-hybridized carbons (Fsp3) is 0.457. The molecule has 3 N–H and O–H groups in total. The van der Waals surface area contributed by atoms with E-state index in [2.05, 4.69) is 36.9 Å². The molecule has 3 amide bonds. The lowest BCUT2D eigenvalue weighted by Gasteiger charge is -2.39. The molecule has 14 nitrogen and oxygen atoms in total. The molecule has 9 rings (SSSR count). The van der Waals surface area contributed by atoms with Gasteiger partial charge in [-0.15, -0.1) is 0 Å². The van der Waals surface area contributed by atoms with Gasteiger partial charge in [-0.05, 0) is 106 Å². The summed E-state index contributed by atoms with van der Waals surface area (Å²) in [4.78, 5) is 71.4. The standard InChI is InChI=1S/C23H24FN5O2.C23H29N3O4/c1-25-22(31)16-7-4-8-17(12-16)27-23-26-14-19(24)21(28-23)15-6-5-9-18(13-15)29-11-3-2-10-20(29)30;27-21-9-8-19(22(28)24-21)26-18-7-6-16(14-20(18)30-23(26)29)15-10-12-25(13-11-15)17-4-2-1-3-5-17/h2-3,5-6,9-11,13-14,16-17H,4,7-8,12H2,1H3,(H,25,31)(H,26,27,28);6-7,14-15,17,19H,1-5,8-13H2,(H,24,27,28). The van der Waals surface area contributed by atoms with Crippen LogP contribution in [0.1, 0.15) is 101 Å². The number of carbonyl (C=O) groups excluding carboxylic acids is 3. The molecular weight excluding hydrogens is 780 g/mol. The van der Waals surface area contributed by atoms with E-state index in [1.165, 1.54) is 52.9 Å². The first-order valence-corrected chi connectivity index (χ1v) is 21.7. The van der Waals surface area contributed by atoms with Crippen LogP contribution in [0.3, 0.4) is 0 Å². The van der Waals surface area contributed by atoms with Gasteiger partial charge in [0.25, 0.3) is 5.56 Å². The molecule has 3 unspecified atom stereocenters. The Bertz CT molecular complexity index is 2500. The summed E-state index contributed by atoms with van der Waals surface area (Å²) in [7, 11) is 1.65. The molecule has 2 aliphatic carbocycles. The Morgan fingerprint density at radius 1 is 0.885 bits per heavy atom. The lowest BCUT2D eigenvalue weighted by molar-refractivity contribution is -0.135. The van der Waals surface area contributed by atoms with Crippen molar-refractivity contribution in [1.82, 2.24) is 34.6 Å². The molecule has 2 aliphatic heterocycles. The predicted octanol–water partition coefficient (Wildman–Crippen LogP) is 6.23. The SMILES string of the molecule is CNC(=O)C1CCCC(Nc2ncc(F)c(-c3cccc(-n4ccccc4=O)c3)n2)C1.O=C1CCC(n2c(=O)oc3cc(C4CCN(C5CCCCC5)CC4)ccc32)C(=O)N1. The Balaban J connectivity index is 0.000000168. The summed E-state index contributed by atoms with van der Waals surface area (Å²) in [6, 6.07) is 18.0. The van der Waals surface area contributed by atoms with Gasteiger partial charge in [-0.25, -0.2) is 19.2 Å². The van der Waals surface area contributed by atoms with Gasteiger partial charge in [-0.3, -0.25) is 33.6 Å². The van der Waals surface area contributed by atoms with Crippen molar-refractivity contribution in [2.75, 3.05) is 25.5 Å². The second kappa shape index (κ2) is 18.8. The molecule has 2 saturated carbocycles. The molecule has 5 aromatic rings. The van der Waals surface area contributed by atoms with Gasteiger partial charge in [-0.2, -0.15) is 0 Å². The number of halogens is 1. The molecule has 2 aromatic carbocycles. The Hall–Kier alpha value is -5.96. The van der Waals surface area contributed by atoms with Gasteiger partial charge in [-0.1, -0.05) is 49.9 Å². The first-order chi connectivity index (χ1) is 29.6. The van der Waals surface area contributed by atoms with E-state index in [9.17, 15) is 28.4 Å². The number of hydrogen-bond acceptors (Lipinski definition) is 10. The maximum atomic E-state index is 14.6. The summed E-state index contributed by atoms with van der Waals surface area (Å²) in [6.07, 6.45) is 15.8. The third-order valence-corrected chi connectivity index (χ3v) is 12.8. The molecule has 3 atom stereocenters. The zero-order valence-corrected chi connectivity index (χ0v) is 34.5. The number of likely N-dealkylation sites (tertiary alicyclic amines) is 1. The summed E-state index contributed by atoms with van der Waals surface area (Å²) >= 11 is 0. The summed E-state index contributed by atoms with van der Waals surface area (Å²) < 4.78 is 23.0. The van der Waals surface area contributed by atoms with Crippen LogP contribution in [0, 0.1) is 11.7 Å². The predicted molar refractivity (Wildman–Crippen MR) is 229 cm³/mol. The molecule has 0 radical (unpaired) electrons. The average molecular weight is 833 g/mol. The Morgan fingerprint density at radius 3 is 2.48 bits per heavy atom. The summed E-state index contributed by atoms with van der Waals surface area (Å²) in [5.74, 6) is -1.02. The number of oxazole rings is 1. The van der Waals surface area contributed by atoms with Crippen molar-refractivity contribution >= 4 is 34.8 Å². The quantitative estimate of drug-likeness (QED) is 0.152. The maximum Gasteiger partial charge on any atom is 0.420 e. The number of fused-ring (bicyclic) bond motifs is 1. The zero-order valence-electron chi connectivity index (χ0n) is 34.5. The lowest BCUT2D eigenvalue weighted by Crippen LogP contribution is -2.43. The molecule has 0 bridgehead atoms. The minimum absolute atomic E-state index is 0.0418. The first kappa shape index (κ1) is 41.8. The van der Waals surface area contributed by atoms with E-state index in [1.54, 1.807) is 49.6 Å². The zero-order chi connectivity index (χ0) is 42.5. The molecular formula is C46H53FN8O6. The monoisotopic (exact) mass is 832 g/mol. The van der Waals surface area contributed by atoms with Crippen molar-refractivity contribution in [2.24, 2.45) is 5.92 Å². The van der Waals surface area contributed by atoms with Gasteiger partial charge in [0.15, 0.2) is 11.4 Å². The number of nitrogens with one attached hydrogen (secondary N) is 3. The maximum absolute atomic E-state index is 14.6. The number of carbonyl (C=O) groups is 3. The fourth-order valence-electron chi connectivity index (χ4n) is 9.60. The fourth-order valence-corrected chi connectivity index (χ4v) is 9.60. The van der Waals surface area contributed by atoms with Gasteiger partial charge in [0.05, 0.1) is 11.7 Å². The smallest absolute Gasteiger partial charge is 0.408 e. The third-order valence-electron chi connectivity index (χ3n) is 12.8. The lowest BCUT2D eigenvalue weighted by atomic mass is 9.85. The van der Waals surface area contributed by atoms with Crippen LogP contribution < -0.4 is 27.3 Å². The third kappa shape index (κ3) is 9.51. The number of hydrogen-bond donors (Lipinski definition) is 3. The number of imide groups is 1. The number of piperidine rings is 2. The van der Waals surface area contributed by atoms with Gasteiger partial charge in [0.2, 0.25) is 23.7 Å². The Kier molecular flexibility index (Phi) is 12.8. The molecule has 15 heteroatoms. The van der Waals surface area contributed by atoms with E-state index in [0.717, 1.165) is 57.4 Å². The Labute approximate surface area is 353 Å². The van der Waals surface area contributed by atoms with Crippen molar-refractivity contribution in [1.29, 1.82) is 0 Å². The highest BCUT2D eigenvalue weighted by Crippen LogP contribution is 2.34. The van der Waals surface area contributed by atoms with Crippen LogP contribution in [0.4, 0.5) is 10.3 Å². The largest absolute Gasteiger partial charge is 0.420 e. The highest BCUT2D eigenvalue weighted by atomic mass is 19.1. The second-order valence-corrected chi connectivity index (χ2v) is 16.7. The Morgan fingerprint density at radius 2 is 1.70 bits per heavy atom. The number of anilines is 1. The number of benzene rings is 2. The second-order valence-electron chi connectivity index (χ2n) is 16.7. The molecule has 2 saturated heterocycles. The van der Waals surface area contributed by atoms with Gasteiger partial charge in [0.1, 0.15) is 11.7 Å². The van der Waals surface area contributed by atoms with Crippen LogP contribution in [0.15, 0.2) is 87.1 Å². The highest BCUT2D eigenvalue weighted by Gasteiger charge is 2.32. The summed E-state index contributed by atoms with van der Waals surface area (Å²) in [6.45, 7) is 2.27. The normalized spacial score (nSPS) is 21.6. The van der Waals surface area contributed by atoms with E-state index < -0.39 is 23.5 Å². The van der Waals surface area contributed by atoms with Crippen LogP contribution in [0.5, 0.6) is 0 Å². The molecule has 61 heavy (non-hydrogen) atoms. The molecule has 320 valence electrons. The van der Waals surface area contributed by atoms with E-state index in [0.29, 0.717) is 47.1 Å². The number of pyridine rings is 1. The van der Waals surface area contributed by atoms with Gasteiger partial charge < -0.3 is 20.0 Å². The first-order valence-electron chi connectivity index (χ1n) is 21.7. The minimum atomic E-state index is -0.693. The van der Waals surface area contributed by atoms with E-state index in [1.807, 2.05) is 12.1 Å². The highest BCUT2D eigenvalue weighted by molar-refractivity contribution is 6.00. The molecule has 4 fully saturated rings. The van der Waals surface area contributed by atoms with Crippen molar-refractivity contribution in [3.05, 3.63) is 105 Å². The van der Waals surface area contributed by atoms with Crippen LogP contribution in [0.25, 0.3) is 28.0 Å². The number of aromatic nitrogens is 4. The summed E-state index contributed by atoms with van der Waals surface area (Å²) in [5, 5.41) is 8.29. The summed E-state index contributed by atoms with van der Waals surface area (Å²) in [5.41, 5.74) is 3.50. The van der Waals surface area contributed by atoms with Crippen LogP contribution in [-0.4, -0.2) is 73.9 Å². The van der Waals surface area contributed by atoms with Crippen LogP contribution >= 0.6 is 0 Å². The average Bonchev–Trinajstić information content (AvgIpc) is 3.62. The van der Waals surface area contributed by atoms with Crippen LogP contribution in [0.2, 0.25) is 0 Å². The molecule has 5 heterocycles.